The minimum atomic E-state index is -4.38. The molecule has 0 radical (unpaired) electrons. The van der Waals surface area contributed by atoms with Gasteiger partial charge in [-0.05, 0) is 24.6 Å². The SMILES string of the molecule is CC(C)C(C)(CN)NC(=O)CSC(F)(F)F.Cl. The Kier molecular flexibility index (Phi) is 8.28. The van der Waals surface area contributed by atoms with E-state index in [1.165, 1.54) is 0 Å². The van der Waals surface area contributed by atoms with Crippen molar-refractivity contribution in [1.29, 1.82) is 0 Å². The lowest BCUT2D eigenvalue weighted by atomic mass is 9.88. The molecule has 0 aliphatic carbocycles. The monoisotopic (exact) mass is 294 g/mol. The third-order valence-corrected chi connectivity index (χ3v) is 3.22. The first-order chi connectivity index (χ1) is 7.10. The summed E-state index contributed by atoms with van der Waals surface area (Å²) in [6.07, 6.45) is 0. The van der Waals surface area contributed by atoms with Gasteiger partial charge in [0.05, 0.1) is 11.3 Å². The zero-order chi connectivity index (χ0) is 13.0. The Balaban J connectivity index is 0. The molecule has 0 aliphatic heterocycles. The highest BCUT2D eigenvalue weighted by Gasteiger charge is 2.32. The van der Waals surface area contributed by atoms with Gasteiger partial charge < -0.3 is 11.1 Å². The highest BCUT2D eigenvalue weighted by atomic mass is 35.5. The Bertz CT molecular complexity index is 251. The number of amides is 1. The summed E-state index contributed by atoms with van der Waals surface area (Å²) >= 11 is -0.348. The number of hydrogen-bond donors (Lipinski definition) is 2. The van der Waals surface area contributed by atoms with E-state index in [0.717, 1.165) is 0 Å². The Labute approximate surface area is 109 Å². The van der Waals surface area contributed by atoms with Gasteiger partial charge in [0.1, 0.15) is 0 Å². The van der Waals surface area contributed by atoms with Crippen LogP contribution < -0.4 is 11.1 Å². The molecule has 8 heteroatoms. The van der Waals surface area contributed by atoms with Crippen LogP contribution in [0.15, 0.2) is 0 Å². The Hall–Kier alpha value is -0.140. The number of rotatable bonds is 5. The summed E-state index contributed by atoms with van der Waals surface area (Å²) in [6, 6.07) is 0. The van der Waals surface area contributed by atoms with E-state index in [2.05, 4.69) is 5.32 Å². The summed E-state index contributed by atoms with van der Waals surface area (Å²) in [5.74, 6) is -1.23. The number of carbonyl (C=O) groups is 1. The van der Waals surface area contributed by atoms with Gasteiger partial charge in [-0.2, -0.15) is 13.2 Å². The van der Waals surface area contributed by atoms with Crippen molar-refractivity contribution in [2.75, 3.05) is 12.3 Å². The van der Waals surface area contributed by atoms with Crippen molar-refractivity contribution in [1.82, 2.24) is 5.32 Å². The molecule has 0 bridgehead atoms. The van der Waals surface area contributed by atoms with E-state index in [1.807, 2.05) is 13.8 Å². The fraction of sp³-hybridized carbons (Fsp3) is 0.889. The predicted molar refractivity (Wildman–Crippen MR) is 66.2 cm³/mol. The zero-order valence-electron chi connectivity index (χ0n) is 9.93. The summed E-state index contributed by atoms with van der Waals surface area (Å²) in [5.41, 5.74) is 0.450. The van der Waals surface area contributed by atoms with Crippen LogP contribution in [-0.4, -0.2) is 29.3 Å². The summed E-state index contributed by atoms with van der Waals surface area (Å²) in [7, 11) is 0. The lowest BCUT2D eigenvalue weighted by Crippen LogP contribution is -2.55. The number of alkyl halides is 3. The van der Waals surface area contributed by atoms with Crippen LogP contribution >= 0.6 is 24.2 Å². The number of thioether (sulfide) groups is 1. The third-order valence-electron chi connectivity index (χ3n) is 2.49. The first-order valence-electron chi connectivity index (χ1n) is 4.82. The lowest BCUT2D eigenvalue weighted by Gasteiger charge is -2.33. The van der Waals surface area contributed by atoms with Crippen LogP contribution in [0.2, 0.25) is 0 Å². The van der Waals surface area contributed by atoms with Crippen LogP contribution in [0, 0.1) is 5.92 Å². The van der Waals surface area contributed by atoms with Crippen molar-refractivity contribution < 1.29 is 18.0 Å². The third kappa shape index (κ3) is 7.72. The largest absolute Gasteiger partial charge is 0.442 e. The quantitative estimate of drug-likeness (QED) is 0.817. The molecule has 0 heterocycles. The van der Waals surface area contributed by atoms with Gasteiger partial charge in [-0.25, -0.2) is 0 Å². The Morgan fingerprint density at radius 3 is 2.18 bits per heavy atom. The minimum absolute atomic E-state index is 0. The summed E-state index contributed by atoms with van der Waals surface area (Å²) in [4.78, 5) is 11.3. The molecular weight excluding hydrogens is 277 g/mol. The van der Waals surface area contributed by atoms with E-state index in [4.69, 9.17) is 5.73 Å². The Morgan fingerprint density at radius 2 is 1.88 bits per heavy atom. The van der Waals surface area contributed by atoms with E-state index >= 15 is 0 Å². The average molecular weight is 295 g/mol. The van der Waals surface area contributed by atoms with Crippen molar-refractivity contribution in [2.45, 2.75) is 31.8 Å². The van der Waals surface area contributed by atoms with Crippen LogP contribution in [-0.2, 0) is 4.79 Å². The van der Waals surface area contributed by atoms with Crippen LogP contribution in [0.3, 0.4) is 0 Å². The van der Waals surface area contributed by atoms with Crippen LogP contribution in [0.25, 0.3) is 0 Å². The van der Waals surface area contributed by atoms with Gasteiger partial charge in [0, 0.05) is 6.54 Å². The van der Waals surface area contributed by atoms with E-state index < -0.39 is 22.7 Å². The zero-order valence-corrected chi connectivity index (χ0v) is 11.6. The average Bonchev–Trinajstić information content (AvgIpc) is 2.13. The second-order valence-corrected chi connectivity index (χ2v) is 5.10. The summed E-state index contributed by atoms with van der Waals surface area (Å²) in [5, 5.41) is 2.53. The molecular formula is C9H18ClF3N2OS. The molecule has 1 atom stereocenters. The maximum atomic E-state index is 11.8. The molecule has 0 saturated carbocycles. The second-order valence-electron chi connectivity index (χ2n) is 4.06. The van der Waals surface area contributed by atoms with Crippen LogP contribution in [0.1, 0.15) is 20.8 Å². The molecule has 0 aromatic heterocycles. The summed E-state index contributed by atoms with van der Waals surface area (Å²) < 4.78 is 35.5. The fourth-order valence-corrected chi connectivity index (χ4v) is 1.30. The highest BCUT2D eigenvalue weighted by Crippen LogP contribution is 2.29. The van der Waals surface area contributed by atoms with Gasteiger partial charge in [-0.1, -0.05) is 13.8 Å². The maximum Gasteiger partial charge on any atom is 0.442 e. The fourth-order valence-electron chi connectivity index (χ4n) is 0.933. The van der Waals surface area contributed by atoms with Crippen molar-refractivity contribution >= 4 is 30.1 Å². The van der Waals surface area contributed by atoms with Crippen molar-refractivity contribution in [2.24, 2.45) is 11.7 Å². The molecule has 104 valence electrons. The van der Waals surface area contributed by atoms with Gasteiger partial charge >= 0.3 is 5.51 Å². The molecule has 3 N–H and O–H groups in total. The second kappa shape index (κ2) is 7.33. The molecule has 17 heavy (non-hydrogen) atoms. The van der Waals surface area contributed by atoms with Gasteiger partial charge in [0.25, 0.3) is 0 Å². The topological polar surface area (TPSA) is 55.1 Å². The first kappa shape index (κ1) is 19.2. The maximum absolute atomic E-state index is 11.8. The molecule has 0 fully saturated rings. The highest BCUT2D eigenvalue weighted by molar-refractivity contribution is 8.00. The number of carbonyl (C=O) groups excluding carboxylic acids is 1. The van der Waals surface area contributed by atoms with Crippen molar-refractivity contribution in [3.8, 4) is 0 Å². The van der Waals surface area contributed by atoms with E-state index in [-0.39, 0.29) is 36.6 Å². The molecule has 3 nitrogen and oxygen atoms in total. The molecule has 0 spiro atoms. The number of halogens is 4. The summed E-state index contributed by atoms with van der Waals surface area (Å²) in [6.45, 7) is 5.61. The molecule has 1 unspecified atom stereocenters. The van der Waals surface area contributed by atoms with E-state index in [0.29, 0.717) is 0 Å². The lowest BCUT2D eigenvalue weighted by molar-refractivity contribution is -0.121. The van der Waals surface area contributed by atoms with Crippen molar-refractivity contribution in [3.63, 3.8) is 0 Å². The number of nitrogens with one attached hydrogen (secondary N) is 1. The van der Waals surface area contributed by atoms with Gasteiger partial charge in [0.2, 0.25) is 5.91 Å². The normalized spacial score (nSPS) is 15.1. The molecule has 0 aromatic rings. The van der Waals surface area contributed by atoms with Gasteiger partial charge in [-0.15, -0.1) is 12.4 Å². The molecule has 0 aliphatic rings. The van der Waals surface area contributed by atoms with E-state index in [1.54, 1.807) is 6.92 Å². The van der Waals surface area contributed by atoms with Crippen LogP contribution in [0.5, 0.6) is 0 Å². The van der Waals surface area contributed by atoms with Crippen LogP contribution in [0.4, 0.5) is 13.2 Å². The number of nitrogens with two attached hydrogens (primary N) is 1. The van der Waals surface area contributed by atoms with Gasteiger partial charge in [0.15, 0.2) is 0 Å². The number of hydrogen-bond acceptors (Lipinski definition) is 3. The van der Waals surface area contributed by atoms with E-state index in [9.17, 15) is 18.0 Å². The molecule has 0 aromatic carbocycles. The molecule has 1 amide bonds. The molecule has 0 saturated heterocycles. The smallest absolute Gasteiger partial charge is 0.349 e. The first-order valence-corrected chi connectivity index (χ1v) is 5.81. The standard InChI is InChI=1S/C9H17F3N2OS.ClH/c1-6(2)8(3,5-13)14-7(15)4-16-9(10,11)12;/h6H,4-5,13H2,1-3H3,(H,14,15);1H. The minimum Gasteiger partial charge on any atom is -0.349 e. The molecule has 0 rings (SSSR count). The predicted octanol–water partition coefficient (Wildman–Crippen LogP) is 2.15. The van der Waals surface area contributed by atoms with Gasteiger partial charge in [-0.3, -0.25) is 4.79 Å². The Morgan fingerprint density at radius 1 is 1.41 bits per heavy atom. The van der Waals surface area contributed by atoms with Crippen molar-refractivity contribution in [3.05, 3.63) is 0 Å².